The molecule has 2 N–H and O–H groups in total. The van der Waals surface area contributed by atoms with Gasteiger partial charge in [-0.2, -0.15) is 0 Å². The molecule has 1 unspecified atom stereocenters. The first-order valence-corrected chi connectivity index (χ1v) is 12.0. The van der Waals surface area contributed by atoms with Crippen LogP contribution < -0.4 is 10.6 Å². The second-order valence-electron chi connectivity index (χ2n) is 9.98. The molecule has 1 aliphatic heterocycles. The van der Waals surface area contributed by atoms with Gasteiger partial charge in [-0.1, -0.05) is 37.6 Å². The van der Waals surface area contributed by atoms with Crippen molar-refractivity contribution < 1.29 is 27.9 Å². The van der Waals surface area contributed by atoms with Gasteiger partial charge in [-0.3, -0.25) is 9.59 Å². The number of anilines is 1. The SMILES string of the molecule is CC(C)[C@H](NC(=O)OC(C)(C)C)C(=O)N1CCc2cc(Cl)ccc2C1C(=O)Nc1c(F)cccc1F. The third-order valence-corrected chi connectivity index (χ3v) is 5.92. The molecule has 1 heterocycles. The van der Waals surface area contributed by atoms with E-state index in [2.05, 4.69) is 10.6 Å². The van der Waals surface area contributed by atoms with Gasteiger partial charge in [-0.15, -0.1) is 0 Å². The molecule has 0 spiro atoms. The van der Waals surface area contributed by atoms with Gasteiger partial charge in [0.15, 0.2) is 0 Å². The Morgan fingerprint density at radius 2 is 1.75 bits per heavy atom. The molecule has 0 aliphatic carbocycles. The predicted molar refractivity (Wildman–Crippen MR) is 133 cm³/mol. The van der Waals surface area contributed by atoms with Gasteiger partial charge < -0.3 is 20.3 Å². The molecule has 2 aromatic carbocycles. The number of alkyl carbamates (subject to hydrolysis) is 1. The van der Waals surface area contributed by atoms with Crippen molar-refractivity contribution in [1.29, 1.82) is 0 Å². The number of para-hydroxylation sites is 1. The molecule has 0 saturated carbocycles. The average Bonchev–Trinajstić information content (AvgIpc) is 2.77. The summed E-state index contributed by atoms with van der Waals surface area (Å²) in [4.78, 5) is 40.9. The number of carbonyl (C=O) groups excluding carboxylic acids is 3. The van der Waals surface area contributed by atoms with Gasteiger partial charge in [-0.05, 0) is 68.5 Å². The highest BCUT2D eigenvalue weighted by molar-refractivity contribution is 6.30. The van der Waals surface area contributed by atoms with E-state index in [1.165, 1.54) is 11.0 Å². The summed E-state index contributed by atoms with van der Waals surface area (Å²) >= 11 is 6.13. The van der Waals surface area contributed by atoms with E-state index in [0.29, 0.717) is 17.0 Å². The van der Waals surface area contributed by atoms with Crippen molar-refractivity contribution in [2.45, 2.75) is 58.7 Å². The minimum absolute atomic E-state index is 0.128. The lowest BCUT2D eigenvalue weighted by molar-refractivity contribution is -0.142. The van der Waals surface area contributed by atoms with E-state index in [1.807, 2.05) is 0 Å². The van der Waals surface area contributed by atoms with E-state index in [9.17, 15) is 23.2 Å². The summed E-state index contributed by atoms with van der Waals surface area (Å²) in [6.45, 7) is 8.74. The van der Waals surface area contributed by atoms with Gasteiger partial charge in [0.25, 0.3) is 5.91 Å². The first-order valence-electron chi connectivity index (χ1n) is 11.6. The Morgan fingerprint density at radius 1 is 1.11 bits per heavy atom. The van der Waals surface area contributed by atoms with Crippen molar-refractivity contribution in [3.05, 3.63) is 64.2 Å². The zero-order chi connectivity index (χ0) is 26.8. The maximum Gasteiger partial charge on any atom is 0.408 e. The molecule has 7 nitrogen and oxygen atoms in total. The summed E-state index contributed by atoms with van der Waals surface area (Å²) < 4.78 is 33.9. The van der Waals surface area contributed by atoms with Crippen molar-refractivity contribution >= 4 is 35.2 Å². The average molecular weight is 522 g/mol. The van der Waals surface area contributed by atoms with Crippen LogP contribution in [0.15, 0.2) is 36.4 Å². The van der Waals surface area contributed by atoms with Crippen molar-refractivity contribution in [3.8, 4) is 0 Å². The minimum Gasteiger partial charge on any atom is -0.444 e. The third kappa shape index (κ3) is 6.32. The molecule has 0 bridgehead atoms. The lowest BCUT2D eigenvalue weighted by Gasteiger charge is -2.39. The Bertz CT molecular complexity index is 1150. The first-order chi connectivity index (χ1) is 16.8. The molecule has 0 aromatic heterocycles. The molecule has 3 rings (SSSR count). The van der Waals surface area contributed by atoms with Crippen LogP contribution in [0.2, 0.25) is 5.02 Å². The van der Waals surface area contributed by atoms with Gasteiger partial charge >= 0.3 is 6.09 Å². The first kappa shape index (κ1) is 27.4. The van der Waals surface area contributed by atoms with E-state index < -0.39 is 52.9 Å². The molecule has 194 valence electrons. The lowest BCUT2D eigenvalue weighted by atomic mass is 9.90. The molecule has 36 heavy (non-hydrogen) atoms. The number of hydrogen-bond acceptors (Lipinski definition) is 4. The summed E-state index contributed by atoms with van der Waals surface area (Å²) in [5.74, 6) is -3.55. The second-order valence-corrected chi connectivity index (χ2v) is 10.4. The normalized spacial score (nSPS) is 16.2. The van der Waals surface area contributed by atoms with Gasteiger partial charge in [0.2, 0.25) is 5.91 Å². The molecule has 2 aromatic rings. The summed E-state index contributed by atoms with van der Waals surface area (Å²) in [7, 11) is 0. The number of nitrogens with zero attached hydrogens (tertiary/aromatic N) is 1. The Morgan fingerprint density at radius 3 is 2.33 bits per heavy atom. The fraction of sp³-hybridized carbons (Fsp3) is 0.423. The molecule has 10 heteroatoms. The van der Waals surface area contributed by atoms with Crippen LogP contribution in [0.4, 0.5) is 19.3 Å². The molecule has 0 radical (unpaired) electrons. The number of hydrogen-bond donors (Lipinski definition) is 2. The summed E-state index contributed by atoms with van der Waals surface area (Å²) in [5, 5.41) is 5.36. The fourth-order valence-corrected chi connectivity index (χ4v) is 4.25. The minimum atomic E-state index is -1.21. The van der Waals surface area contributed by atoms with Gasteiger partial charge in [0.1, 0.15) is 35.0 Å². The zero-order valence-corrected chi connectivity index (χ0v) is 21.6. The summed E-state index contributed by atoms with van der Waals surface area (Å²) in [6.07, 6.45) is -0.371. The molecule has 2 atom stereocenters. The number of nitrogens with one attached hydrogen (secondary N) is 2. The van der Waals surface area contributed by atoms with Gasteiger partial charge in [0.05, 0.1) is 0 Å². The van der Waals surface area contributed by atoms with Crippen molar-refractivity contribution in [3.63, 3.8) is 0 Å². The Labute approximate surface area is 214 Å². The lowest BCUT2D eigenvalue weighted by Crippen LogP contribution is -2.55. The van der Waals surface area contributed by atoms with E-state index >= 15 is 0 Å². The monoisotopic (exact) mass is 521 g/mol. The zero-order valence-electron chi connectivity index (χ0n) is 20.8. The highest BCUT2D eigenvalue weighted by atomic mass is 35.5. The number of halogens is 3. The van der Waals surface area contributed by atoms with Crippen LogP contribution in [0, 0.1) is 17.6 Å². The summed E-state index contributed by atoms with van der Waals surface area (Å²) in [6, 6.07) is 5.91. The quantitative estimate of drug-likeness (QED) is 0.564. The smallest absolute Gasteiger partial charge is 0.408 e. The van der Waals surface area contributed by atoms with Crippen LogP contribution >= 0.6 is 11.6 Å². The van der Waals surface area contributed by atoms with Crippen LogP contribution in [-0.4, -0.2) is 41.0 Å². The Hall–Kier alpha value is -3.20. The number of amides is 3. The maximum atomic E-state index is 14.3. The maximum absolute atomic E-state index is 14.3. The second kappa shape index (κ2) is 10.8. The van der Waals surface area contributed by atoms with Crippen LogP contribution in [0.1, 0.15) is 51.8 Å². The van der Waals surface area contributed by atoms with E-state index in [-0.39, 0.29) is 12.5 Å². The van der Waals surface area contributed by atoms with Crippen molar-refractivity contribution in [1.82, 2.24) is 10.2 Å². The molecular formula is C26H30ClF2N3O4. The third-order valence-electron chi connectivity index (χ3n) is 5.68. The number of fused-ring (bicyclic) bond motifs is 1. The van der Waals surface area contributed by atoms with Crippen molar-refractivity contribution in [2.24, 2.45) is 5.92 Å². The topological polar surface area (TPSA) is 87.7 Å². The molecule has 1 aliphatic rings. The van der Waals surface area contributed by atoms with Crippen LogP contribution in [-0.2, 0) is 20.7 Å². The Kier molecular flexibility index (Phi) is 8.23. The van der Waals surface area contributed by atoms with E-state index in [1.54, 1.807) is 52.8 Å². The molecule has 0 fully saturated rings. The number of rotatable bonds is 5. The number of carbonyl (C=O) groups is 3. The van der Waals surface area contributed by atoms with E-state index in [4.69, 9.17) is 16.3 Å². The fourth-order valence-electron chi connectivity index (χ4n) is 4.05. The Balaban J connectivity index is 1.97. The van der Waals surface area contributed by atoms with Gasteiger partial charge in [0, 0.05) is 11.6 Å². The molecular weight excluding hydrogens is 492 g/mol. The predicted octanol–water partition coefficient (Wildman–Crippen LogP) is 5.23. The van der Waals surface area contributed by atoms with Crippen LogP contribution in [0.3, 0.4) is 0 Å². The van der Waals surface area contributed by atoms with Crippen LogP contribution in [0.5, 0.6) is 0 Å². The highest BCUT2D eigenvalue weighted by Crippen LogP contribution is 2.34. The largest absolute Gasteiger partial charge is 0.444 e. The van der Waals surface area contributed by atoms with Crippen LogP contribution in [0.25, 0.3) is 0 Å². The number of benzene rings is 2. The molecule has 0 saturated heterocycles. The van der Waals surface area contributed by atoms with E-state index in [0.717, 1.165) is 17.7 Å². The van der Waals surface area contributed by atoms with Crippen molar-refractivity contribution in [2.75, 3.05) is 11.9 Å². The standard InChI is InChI=1S/C26H30ClF2N3O4/c1-14(2)20(31-25(35)36-26(3,4)5)24(34)32-12-11-15-13-16(27)9-10-17(15)22(32)23(33)30-21-18(28)7-6-8-19(21)29/h6-10,13-14,20,22H,11-12H2,1-5H3,(H,30,33)(H,31,35)/t20-,22?/m0/s1. The summed E-state index contributed by atoms with van der Waals surface area (Å²) in [5.41, 5.74) is -0.164. The highest BCUT2D eigenvalue weighted by Gasteiger charge is 2.40. The number of ether oxygens (including phenoxy) is 1. The molecule has 3 amide bonds. The van der Waals surface area contributed by atoms with Gasteiger partial charge in [-0.25, -0.2) is 13.6 Å².